The summed E-state index contributed by atoms with van der Waals surface area (Å²) in [5.74, 6) is 0.269. The summed E-state index contributed by atoms with van der Waals surface area (Å²) in [7, 11) is 0. The van der Waals surface area contributed by atoms with Gasteiger partial charge in [0.25, 0.3) is 0 Å². The molecule has 0 radical (unpaired) electrons. The van der Waals surface area contributed by atoms with Gasteiger partial charge in [-0.05, 0) is 24.6 Å². The highest BCUT2D eigenvalue weighted by molar-refractivity contribution is 5.76. The van der Waals surface area contributed by atoms with E-state index in [0.717, 1.165) is 5.56 Å². The van der Waals surface area contributed by atoms with E-state index in [-0.39, 0.29) is 17.8 Å². The van der Waals surface area contributed by atoms with Gasteiger partial charge in [0.15, 0.2) is 5.96 Å². The van der Waals surface area contributed by atoms with Gasteiger partial charge in [0, 0.05) is 0 Å². The van der Waals surface area contributed by atoms with E-state index in [1.165, 1.54) is 0 Å². The van der Waals surface area contributed by atoms with Crippen molar-refractivity contribution in [1.82, 2.24) is 0 Å². The first-order chi connectivity index (χ1) is 6.09. The zero-order chi connectivity index (χ0) is 9.84. The van der Waals surface area contributed by atoms with Crippen LogP contribution in [-0.4, -0.2) is 11.1 Å². The Labute approximate surface area is 76.9 Å². The number of phenols is 1. The lowest BCUT2D eigenvalue weighted by Crippen LogP contribution is -2.23. The third-order valence-corrected chi connectivity index (χ3v) is 1.70. The van der Waals surface area contributed by atoms with Gasteiger partial charge < -0.3 is 16.6 Å². The topological polar surface area (TPSA) is 84.6 Å². The van der Waals surface area contributed by atoms with Crippen LogP contribution in [0.1, 0.15) is 18.5 Å². The van der Waals surface area contributed by atoms with Crippen molar-refractivity contribution >= 4 is 5.96 Å². The minimum atomic E-state index is -0.128. The lowest BCUT2D eigenvalue weighted by molar-refractivity contribution is 0.474. The number of hydrogen-bond donors (Lipinski definition) is 3. The van der Waals surface area contributed by atoms with E-state index < -0.39 is 0 Å². The maximum Gasteiger partial charge on any atom is 0.186 e. The van der Waals surface area contributed by atoms with E-state index in [1.807, 2.05) is 13.0 Å². The van der Waals surface area contributed by atoms with E-state index in [9.17, 15) is 5.11 Å². The zero-order valence-electron chi connectivity index (χ0n) is 7.44. The number of phenolic OH excluding ortho intramolecular Hbond substituents is 1. The van der Waals surface area contributed by atoms with Crippen molar-refractivity contribution in [3.63, 3.8) is 0 Å². The molecule has 0 saturated heterocycles. The third kappa shape index (κ3) is 2.66. The second-order valence-electron chi connectivity index (χ2n) is 2.82. The van der Waals surface area contributed by atoms with Crippen LogP contribution in [0.4, 0.5) is 0 Å². The van der Waals surface area contributed by atoms with Crippen molar-refractivity contribution in [3.05, 3.63) is 29.8 Å². The molecule has 4 heteroatoms. The molecule has 0 aliphatic rings. The number of rotatable bonds is 2. The first-order valence-electron chi connectivity index (χ1n) is 3.97. The molecule has 1 rings (SSSR count). The second kappa shape index (κ2) is 3.80. The molecule has 1 aromatic carbocycles. The molecule has 0 saturated carbocycles. The molecule has 13 heavy (non-hydrogen) atoms. The molecule has 1 atom stereocenters. The van der Waals surface area contributed by atoms with Crippen LogP contribution in [0.2, 0.25) is 0 Å². The molecule has 5 N–H and O–H groups in total. The smallest absolute Gasteiger partial charge is 0.186 e. The highest BCUT2D eigenvalue weighted by Crippen LogP contribution is 2.20. The fraction of sp³-hybridized carbons (Fsp3) is 0.222. The van der Waals surface area contributed by atoms with Crippen molar-refractivity contribution < 1.29 is 5.11 Å². The van der Waals surface area contributed by atoms with Gasteiger partial charge >= 0.3 is 0 Å². The van der Waals surface area contributed by atoms with Crippen molar-refractivity contribution in [2.45, 2.75) is 13.0 Å². The maximum atomic E-state index is 9.19. The van der Waals surface area contributed by atoms with Crippen molar-refractivity contribution in [2.24, 2.45) is 16.5 Å². The molecular weight excluding hydrogens is 166 g/mol. The molecular formula is C9H13N3O. The summed E-state index contributed by atoms with van der Waals surface area (Å²) in [5, 5.41) is 9.19. The van der Waals surface area contributed by atoms with Gasteiger partial charge in [0.05, 0.1) is 6.04 Å². The van der Waals surface area contributed by atoms with Crippen LogP contribution in [0, 0.1) is 0 Å². The molecule has 0 bridgehead atoms. The Morgan fingerprint density at radius 1 is 1.46 bits per heavy atom. The van der Waals surface area contributed by atoms with Gasteiger partial charge in [-0.2, -0.15) is 0 Å². The lowest BCUT2D eigenvalue weighted by atomic mass is 10.1. The number of aromatic hydroxyl groups is 1. The SMILES string of the molecule is CC(N=C(N)N)c1cccc(O)c1. The predicted molar refractivity (Wildman–Crippen MR) is 52.3 cm³/mol. The van der Waals surface area contributed by atoms with Gasteiger partial charge in [-0.3, -0.25) is 0 Å². The van der Waals surface area contributed by atoms with Gasteiger partial charge in [-0.1, -0.05) is 12.1 Å². The van der Waals surface area contributed by atoms with Gasteiger partial charge in [0.1, 0.15) is 5.75 Å². The second-order valence-corrected chi connectivity index (χ2v) is 2.82. The quantitative estimate of drug-likeness (QED) is 0.462. The summed E-state index contributed by atoms with van der Waals surface area (Å²) in [5.41, 5.74) is 11.4. The molecule has 0 aliphatic heterocycles. The maximum absolute atomic E-state index is 9.19. The molecule has 70 valence electrons. The molecule has 0 heterocycles. The van der Waals surface area contributed by atoms with Gasteiger partial charge in [-0.25, -0.2) is 4.99 Å². The van der Waals surface area contributed by atoms with E-state index >= 15 is 0 Å². The Kier molecular flexibility index (Phi) is 2.74. The lowest BCUT2D eigenvalue weighted by Gasteiger charge is -2.06. The molecule has 1 unspecified atom stereocenters. The monoisotopic (exact) mass is 179 g/mol. The Hall–Kier alpha value is -1.71. The fourth-order valence-electron chi connectivity index (χ4n) is 1.08. The fourth-order valence-corrected chi connectivity index (χ4v) is 1.08. The van der Waals surface area contributed by atoms with E-state index in [4.69, 9.17) is 11.5 Å². The van der Waals surface area contributed by atoms with Crippen LogP contribution in [0.3, 0.4) is 0 Å². The first-order valence-corrected chi connectivity index (χ1v) is 3.97. The van der Waals surface area contributed by atoms with Crippen molar-refractivity contribution in [2.75, 3.05) is 0 Å². The average molecular weight is 179 g/mol. The van der Waals surface area contributed by atoms with Gasteiger partial charge in [0.2, 0.25) is 0 Å². The molecule has 0 spiro atoms. The first kappa shape index (κ1) is 9.38. The molecule has 0 fully saturated rings. The molecule has 0 aromatic heterocycles. The molecule has 0 aliphatic carbocycles. The molecule has 4 nitrogen and oxygen atoms in total. The Morgan fingerprint density at radius 3 is 2.69 bits per heavy atom. The Bertz CT molecular complexity index is 318. The number of hydrogen-bond acceptors (Lipinski definition) is 2. The number of aliphatic imine (C=N–C) groups is 1. The Morgan fingerprint density at radius 2 is 2.15 bits per heavy atom. The third-order valence-electron chi connectivity index (χ3n) is 1.70. The van der Waals surface area contributed by atoms with Crippen LogP contribution in [-0.2, 0) is 0 Å². The van der Waals surface area contributed by atoms with E-state index in [1.54, 1.807) is 18.2 Å². The van der Waals surface area contributed by atoms with Crippen LogP contribution in [0.15, 0.2) is 29.3 Å². The van der Waals surface area contributed by atoms with Crippen LogP contribution in [0.25, 0.3) is 0 Å². The largest absolute Gasteiger partial charge is 0.508 e. The summed E-state index contributed by atoms with van der Waals surface area (Å²) in [6.45, 7) is 1.86. The number of nitrogens with zero attached hydrogens (tertiary/aromatic N) is 1. The van der Waals surface area contributed by atoms with Gasteiger partial charge in [-0.15, -0.1) is 0 Å². The minimum Gasteiger partial charge on any atom is -0.508 e. The normalized spacial score (nSPS) is 12.1. The summed E-state index contributed by atoms with van der Waals surface area (Å²) in [6, 6.07) is 6.72. The number of benzene rings is 1. The summed E-state index contributed by atoms with van der Waals surface area (Å²) >= 11 is 0. The summed E-state index contributed by atoms with van der Waals surface area (Å²) in [4.78, 5) is 3.95. The van der Waals surface area contributed by atoms with E-state index in [2.05, 4.69) is 4.99 Å². The van der Waals surface area contributed by atoms with Crippen LogP contribution < -0.4 is 11.5 Å². The van der Waals surface area contributed by atoms with Crippen molar-refractivity contribution in [1.29, 1.82) is 0 Å². The highest BCUT2D eigenvalue weighted by Gasteiger charge is 2.03. The summed E-state index contributed by atoms with van der Waals surface area (Å²) in [6.07, 6.45) is 0. The number of nitrogens with two attached hydrogens (primary N) is 2. The standard InChI is InChI=1S/C9H13N3O/c1-6(12-9(10)11)7-3-2-4-8(13)5-7/h2-6,13H,1H3,(H4,10,11,12). The molecule has 0 amide bonds. The zero-order valence-corrected chi connectivity index (χ0v) is 7.44. The highest BCUT2D eigenvalue weighted by atomic mass is 16.3. The number of guanidine groups is 1. The summed E-state index contributed by atoms with van der Waals surface area (Å²) < 4.78 is 0. The molecule has 1 aromatic rings. The van der Waals surface area contributed by atoms with E-state index in [0.29, 0.717) is 0 Å². The van der Waals surface area contributed by atoms with Crippen molar-refractivity contribution in [3.8, 4) is 5.75 Å². The van der Waals surface area contributed by atoms with Crippen LogP contribution in [0.5, 0.6) is 5.75 Å². The predicted octanol–water partition coefficient (Wildman–Crippen LogP) is 0.727. The van der Waals surface area contributed by atoms with Crippen LogP contribution >= 0.6 is 0 Å². The minimum absolute atomic E-state index is 0.0517. The average Bonchev–Trinajstić information content (AvgIpc) is 2.03. The Balaban J connectivity index is 2.89.